The third-order valence-electron chi connectivity index (χ3n) is 3.97. The van der Waals surface area contributed by atoms with Crippen molar-refractivity contribution in [2.24, 2.45) is 11.7 Å². The molecule has 1 heterocycles. The molecule has 88 valence electrons. The van der Waals surface area contributed by atoms with Crippen LogP contribution in [0.4, 0.5) is 0 Å². The normalized spacial score (nSPS) is 30.8. The number of allylic oxidation sites excluding steroid dienone is 1. The molecule has 0 saturated carbocycles. The number of rotatable bonds is 0. The van der Waals surface area contributed by atoms with Crippen molar-refractivity contribution in [3.05, 3.63) is 57.5 Å². The van der Waals surface area contributed by atoms with Gasteiger partial charge in [-0.3, -0.25) is 4.79 Å². The highest BCUT2D eigenvalue weighted by molar-refractivity contribution is 5.47. The number of nitrogens with one attached hydrogen (secondary N) is 1. The second-order valence-electron chi connectivity index (χ2n) is 5.21. The van der Waals surface area contributed by atoms with E-state index in [0.29, 0.717) is 0 Å². The van der Waals surface area contributed by atoms with E-state index in [1.165, 1.54) is 5.57 Å². The fourth-order valence-electron chi connectivity index (χ4n) is 3.15. The Morgan fingerprint density at radius 2 is 2.29 bits per heavy atom. The maximum absolute atomic E-state index is 11.4. The van der Waals surface area contributed by atoms with Crippen molar-refractivity contribution < 1.29 is 0 Å². The van der Waals surface area contributed by atoms with Crippen molar-refractivity contribution in [3.8, 4) is 0 Å². The zero-order chi connectivity index (χ0) is 12.2. The van der Waals surface area contributed by atoms with Gasteiger partial charge in [-0.25, -0.2) is 0 Å². The minimum Gasteiger partial charge on any atom is -0.326 e. The van der Waals surface area contributed by atoms with Crippen LogP contribution < -0.4 is 11.3 Å². The summed E-state index contributed by atoms with van der Waals surface area (Å²) in [7, 11) is 0. The average Bonchev–Trinajstić information content (AvgIpc) is 2.23. The highest BCUT2D eigenvalue weighted by Gasteiger charge is 2.42. The largest absolute Gasteiger partial charge is 0.326 e. The zero-order valence-corrected chi connectivity index (χ0v) is 9.92. The lowest BCUT2D eigenvalue weighted by molar-refractivity contribution is 0.412. The molecule has 0 spiro atoms. The molecule has 3 N–H and O–H groups in total. The number of aromatic nitrogens is 1. The highest BCUT2D eigenvalue weighted by atomic mass is 16.1. The van der Waals surface area contributed by atoms with Gasteiger partial charge in [0.05, 0.1) is 5.54 Å². The molecule has 0 aromatic carbocycles. The van der Waals surface area contributed by atoms with Crippen molar-refractivity contribution in [1.82, 2.24) is 4.98 Å². The van der Waals surface area contributed by atoms with Gasteiger partial charge in [-0.15, -0.1) is 0 Å². The van der Waals surface area contributed by atoms with Crippen LogP contribution in [-0.4, -0.2) is 4.98 Å². The molecule has 3 rings (SSSR count). The van der Waals surface area contributed by atoms with E-state index >= 15 is 0 Å². The summed E-state index contributed by atoms with van der Waals surface area (Å²) in [6.07, 6.45) is 3.82. The van der Waals surface area contributed by atoms with Crippen LogP contribution in [0.3, 0.4) is 0 Å². The Kier molecular flexibility index (Phi) is 1.98. The van der Waals surface area contributed by atoms with Crippen LogP contribution in [0, 0.1) is 5.92 Å². The van der Waals surface area contributed by atoms with E-state index in [-0.39, 0.29) is 11.5 Å². The number of pyridine rings is 1. The number of nitrogens with two attached hydrogens (primary N) is 1. The summed E-state index contributed by atoms with van der Waals surface area (Å²) in [4.78, 5) is 14.3. The fourth-order valence-corrected chi connectivity index (χ4v) is 3.15. The number of hydrogen-bond acceptors (Lipinski definition) is 2. The Morgan fingerprint density at radius 1 is 1.53 bits per heavy atom. The molecule has 0 amide bonds. The van der Waals surface area contributed by atoms with Gasteiger partial charge in [-0.2, -0.15) is 0 Å². The first kappa shape index (κ1) is 10.5. The van der Waals surface area contributed by atoms with Crippen molar-refractivity contribution in [3.63, 3.8) is 0 Å². The van der Waals surface area contributed by atoms with Crippen LogP contribution in [0.25, 0.3) is 0 Å². The van der Waals surface area contributed by atoms with Gasteiger partial charge < -0.3 is 10.7 Å². The molecule has 0 unspecified atom stereocenters. The van der Waals surface area contributed by atoms with Gasteiger partial charge in [-0.1, -0.05) is 18.2 Å². The van der Waals surface area contributed by atoms with Crippen molar-refractivity contribution in [2.75, 3.05) is 0 Å². The predicted molar refractivity (Wildman–Crippen MR) is 67.6 cm³/mol. The lowest BCUT2D eigenvalue weighted by Crippen LogP contribution is -2.47. The smallest absolute Gasteiger partial charge is 0.248 e. The quantitative estimate of drug-likeness (QED) is 0.663. The summed E-state index contributed by atoms with van der Waals surface area (Å²) in [6, 6.07) is 3.41. The van der Waals surface area contributed by atoms with E-state index in [9.17, 15) is 4.79 Å². The van der Waals surface area contributed by atoms with E-state index in [1.807, 2.05) is 6.07 Å². The number of H-pyrrole nitrogens is 1. The first-order valence-corrected chi connectivity index (χ1v) is 5.89. The van der Waals surface area contributed by atoms with Gasteiger partial charge >= 0.3 is 0 Å². The first-order valence-electron chi connectivity index (χ1n) is 5.89. The number of aromatic amines is 1. The molecular formula is C14H16N2O. The summed E-state index contributed by atoms with van der Waals surface area (Å²) in [6.45, 7) is 6.27. The maximum Gasteiger partial charge on any atom is 0.248 e. The lowest BCUT2D eigenvalue weighted by atomic mass is 9.64. The molecular weight excluding hydrogens is 212 g/mol. The SMILES string of the molecule is C=C1[C@H]2C=C(C)C[C@]1(N)c1ccc(=O)[nH]c1C2. The number of fused-ring (bicyclic) bond motifs is 4. The van der Waals surface area contributed by atoms with Gasteiger partial charge in [0.15, 0.2) is 0 Å². The van der Waals surface area contributed by atoms with Gasteiger partial charge in [0.25, 0.3) is 0 Å². The summed E-state index contributed by atoms with van der Waals surface area (Å²) in [5.41, 5.74) is 10.4. The first-order chi connectivity index (χ1) is 8.00. The molecule has 3 nitrogen and oxygen atoms in total. The van der Waals surface area contributed by atoms with Crippen LogP contribution >= 0.6 is 0 Å². The summed E-state index contributed by atoms with van der Waals surface area (Å²) < 4.78 is 0. The van der Waals surface area contributed by atoms with Gasteiger partial charge in [-0.05, 0) is 37.0 Å². The van der Waals surface area contributed by atoms with Crippen LogP contribution in [-0.2, 0) is 12.0 Å². The number of hydrogen-bond donors (Lipinski definition) is 2. The Labute approximate surface area is 100 Å². The minimum absolute atomic E-state index is 0.0568. The van der Waals surface area contributed by atoms with Crippen LogP contribution in [0.1, 0.15) is 24.6 Å². The Morgan fingerprint density at radius 3 is 3.06 bits per heavy atom. The molecule has 1 aromatic rings. The minimum atomic E-state index is -0.499. The van der Waals surface area contributed by atoms with E-state index in [2.05, 4.69) is 24.6 Å². The second-order valence-corrected chi connectivity index (χ2v) is 5.21. The van der Waals surface area contributed by atoms with E-state index in [1.54, 1.807) is 6.07 Å². The van der Waals surface area contributed by atoms with E-state index in [4.69, 9.17) is 5.73 Å². The molecule has 0 fully saturated rings. The standard InChI is InChI=1S/C14H16N2O/c1-8-5-10-6-12-11(3-4-13(17)16-12)14(15,7-8)9(10)2/h3-5,10H,2,6-7,15H2,1H3,(H,16,17)/t10-,14+/m0/s1. The molecule has 2 atom stereocenters. The molecule has 2 aliphatic rings. The van der Waals surface area contributed by atoms with Crippen LogP contribution in [0.2, 0.25) is 0 Å². The van der Waals surface area contributed by atoms with Gasteiger partial charge in [0.2, 0.25) is 5.56 Å². The van der Waals surface area contributed by atoms with Crippen molar-refractivity contribution >= 4 is 0 Å². The van der Waals surface area contributed by atoms with Gasteiger partial charge in [0, 0.05) is 17.7 Å². The average molecular weight is 228 g/mol. The van der Waals surface area contributed by atoms with E-state index in [0.717, 1.165) is 29.7 Å². The fraction of sp³-hybridized carbons (Fsp3) is 0.357. The molecule has 0 saturated heterocycles. The monoisotopic (exact) mass is 228 g/mol. The second kappa shape index (κ2) is 3.20. The predicted octanol–water partition coefficient (Wildman–Crippen LogP) is 1.61. The van der Waals surface area contributed by atoms with Crippen LogP contribution in [0.15, 0.2) is 40.7 Å². The Balaban J connectivity index is 2.27. The topological polar surface area (TPSA) is 58.9 Å². The molecule has 0 aliphatic heterocycles. The van der Waals surface area contributed by atoms with E-state index < -0.39 is 5.54 Å². The molecule has 0 radical (unpaired) electrons. The molecule has 2 aliphatic carbocycles. The summed E-state index contributed by atoms with van der Waals surface area (Å²) in [5.74, 6) is 0.263. The molecule has 3 heteroatoms. The Hall–Kier alpha value is -1.61. The van der Waals surface area contributed by atoms with Crippen molar-refractivity contribution in [1.29, 1.82) is 0 Å². The molecule has 2 bridgehead atoms. The third kappa shape index (κ3) is 1.35. The lowest BCUT2D eigenvalue weighted by Gasteiger charge is -2.44. The van der Waals surface area contributed by atoms with Crippen molar-refractivity contribution in [2.45, 2.75) is 25.3 Å². The zero-order valence-electron chi connectivity index (χ0n) is 9.92. The summed E-state index contributed by atoms with van der Waals surface area (Å²) >= 11 is 0. The highest BCUT2D eigenvalue weighted by Crippen LogP contribution is 2.46. The molecule has 17 heavy (non-hydrogen) atoms. The Bertz CT molecular complexity index is 596. The summed E-state index contributed by atoms with van der Waals surface area (Å²) in [5, 5.41) is 0. The third-order valence-corrected chi connectivity index (χ3v) is 3.97. The maximum atomic E-state index is 11.4. The van der Waals surface area contributed by atoms with Gasteiger partial charge in [0.1, 0.15) is 0 Å². The molecule has 1 aromatic heterocycles. The van der Waals surface area contributed by atoms with Crippen LogP contribution in [0.5, 0.6) is 0 Å².